The molecule has 1 aromatic heterocycles. The number of nitrogens with zero attached hydrogens (tertiary/aromatic N) is 2. The highest BCUT2D eigenvalue weighted by Gasteiger charge is 2.39. The average molecular weight is 427 g/mol. The van der Waals surface area contributed by atoms with Gasteiger partial charge in [0.1, 0.15) is 11.4 Å². The summed E-state index contributed by atoms with van der Waals surface area (Å²) in [6, 6.07) is 12.6. The molecule has 1 amide bonds. The topological polar surface area (TPSA) is 81.0 Å². The Hall–Kier alpha value is -3.19. The van der Waals surface area contributed by atoms with Gasteiger partial charge in [-0.2, -0.15) is 0 Å². The van der Waals surface area contributed by atoms with Crippen molar-refractivity contribution in [2.75, 3.05) is 6.79 Å². The van der Waals surface area contributed by atoms with Crippen molar-refractivity contribution >= 4 is 34.4 Å². The van der Waals surface area contributed by atoms with Crippen LogP contribution in [0.2, 0.25) is 0 Å². The first kappa shape index (κ1) is 18.8. The van der Waals surface area contributed by atoms with Crippen molar-refractivity contribution in [3.05, 3.63) is 53.7 Å². The van der Waals surface area contributed by atoms with E-state index in [0.717, 1.165) is 27.8 Å². The quantitative estimate of drug-likeness (QED) is 0.650. The van der Waals surface area contributed by atoms with Crippen molar-refractivity contribution < 1.29 is 24.2 Å². The maximum atomic E-state index is 12.7. The number of carbonyl (C=O) groups excluding carboxylic acids is 1. The van der Waals surface area contributed by atoms with Crippen LogP contribution in [0.15, 0.2) is 42.5 Å². The van der Waals surface area contributed by atoms with E-state index in [4.69, 9.17) is 21.1 Å². The summed E-state index contributed by atoms with van der Waals surface area (Å²) >= 11 is 6.04. The minimum absolute atomic E-state index is 0.158. The number of benzene rings is 2. The summed E-state index contributed by atoms with van der Waals surface area (Å²) in [7, 11) is 0. The van der Waals surface area contributed by atoms with Gasteiger partial charge < -0.3 is 24.0 Å². The van der Waals surface area contributed by atoms with Crippen LogP contribution < -0.4 is 9.47 Å². The van der Waals surface area contributed by atoms with Crippen LogP contribution >= 0.6 is 11.6 Å². The van der Waals surface area contributed by atoms with Gasteiger partial charge in [0, 0.05) is 29.3 Å². The predicted octanol–water partition coefficient (Wildman–Crippen LogP) is 3.32. The minimum Gasteiger partial charge on any atom is -0.480 e. The molecule has 0 bridgehead atoms. The number of ether oxygens (including phenoxy) is 2. The Balaban J connectivity index is 1.72. The summed E-state index contributed by atoms with van der Waals surface area (Å²) in [4.78, 5) is 26.1. The first-order chi connectivity index (χ1) is 14.5. The molecule has 5 rings (SSSR count). The van der Waals surface area contributed by atoms with Crippen molar-refractivity contribution in [2.45, 2.75) is 31.3 Å². The third-order valence-electron chi connectivity index (χ3n) is 5.70. The summed E-state index contributed by atoms with van der Waals surface area (Å²) in [5.74, 6) is -0.0909. The molecule has 3 aromatic rings. The predicted molar refractivity (Wildman–Crippen MR) is 110 cm³/mol. The van der Waals surface area contributed by atoms with Crippen LogP contribution in [0, 0.1) is 0 Å². The van der Waals surface area contributed by atoms with Crippen molar-refractivity contribution in [1.82, 2.24) is 9.47 Å². The molecule has 2 aromatic carbocycles. The van der Waals surface area contributed by atoms with Gasteiger partial charge in [-0.3, -0.25) is 4.79 Å². The number of rotatable bonds is 3. The molecule has 7 nitrogen and oxygen atoms in total. The molecule has 154 valence electrons. The van der Waals surface area contributed by atoms with Gasteiger partial charge in [0.25, 0.3) is 0 Å². The summed E-state index contributed by atoms with van der Waals surface area (Å²) < 4.78 is 13.0. The fourth-order valence-electron chi connectivity index (χ4n) is 4.33. The lowest BCUT2D eigenvalue weighted by Gasteiger charge is -2.34. The van der Waals surface area contributed by atoms with Crippen LogP contribution in [0.4, 0.5) is 0 Å². The monoisotopic (exact) mass is 426 g/mol. The van der Waals surface area contributed by atoms with E-state index in [1.807, 2.05) is 42.5 Å². The smallest absolute Gasteiger partial charge is 0.326 e. The maximum absolute atomic E-state index is 12.7. The summed E-state index contributed by atoms with van der Waals surface area (Å²) in [5, 5.41) is 9.96. The fraction of sp³-hybridized carbons (Fsp3) is 0.273. The molecule has 0 saturated carbocycles. The standard InChI is InChI=1S/C22H19ClN2O5/c1-12(23)21(26)24-10-18-15(9-17(24)22(27)28)14-4-2-3-5-16(14)25(18)13-6-7-19-20(8-13)30-11-29-19/h2-8,12,17H,9-11H2,1H3,(H,27,28). The number of carboxylic acids is 1. The van der Waals surface area contributed by atoms with Crippen LogP contribution in [0.5, 0.6) is 11.5 Å². The van der Waals surface area contributed by atoms with Gasteiger partial charge in [0.15, 0.2) is 11.5 Å². The molecule has 0 fully saturated rings. The van der Waals surface area contributed by atoms with Gasteiger partial charge in [-0.15, -0.1) is 11.6 Å². The van der Waals surface area contributed by atoms with E-state index in [2.05, 4.69) is 4.57 Å². The van der Waals surface area contributed by atoms with E-state index >= 15 is 0 Å². The second kappa shape index (κ2) is 6.95. The number of alkyl halides is 1. The van der Waals surface area contributed by atoms with Gasteiger partial charge in [0.05, 0.1) is 12.1 Å². The van der Waals surface area contributed by atoms with Crippen molar-refractivity contribution in [3.63, 3.8) is 0 Å². The molecule has 2 aliphatic rings. The number of halogens is 1. The highest BCUT2D eigenvalue weighted by Crippen LogP contribution is 2.39. The second-order valence-electron chi connectivity index (χ2n) is 7.46. The molecule has 2 aliphatic heterocycles. The first-order valence-electron chi connectivity index (χ1n) is 9.64. The molecule has 0 saturated heterocycles. The second-order valence-corrected chi connectivity index (χ2v) is 8.11. The lowest BCUT2D eigenvalue weighted by Crippen LogP contribution is -2.50. The van der Waals surface area contributed by atoms with Gasteiger partial charge in [-0.1, -0.05) is 18.2 Å². The summed E-state index contributed by atoms with van der Waals surface area (Å²) in [6.07, 6.45) is 0.220. The minimum atomic E-state index is -1.04. The molecule has 3 heterocycles. The molecule has 2 atom stereocenters. The van der Waals surface area contributed by atoms with E-state index in [-0.39, 0.29) is 19.8 Å². The molecule has 8 heteroatoms. The van der Waals surface area contributed by atoms with Gasteiger partial charge in [-0.25, -0.2) is 4.79 Å². The Labute approximate surface area is 177 Å². The molecular weight excluding hydrogens is 408 g/mol. The number of aromatic nitrogens is 1. The summed E-state index contributed by atoms with van der Waals surface area (Å²) in [6.45, 7) is 1.90. The maximum Gasteiger partial charge on any atom is 0.326 e. The van der Waals surface area contributed by atoms with Gasteiger partial charge in [0.2, 0.25) is 12.7 Å². The average Bonchev–Trinajstić information content (AvgIpc) is 3.33. The molecule has 0 radical (unpaired) electrons. The zero-order chi connectivity index (χ0) is 21.0. The highest BCUT2D eigenvalue weighted by atomic mass is 35.5. The lowest BCUT2D eigenvalue weighted by atomic mass is 9.96. The molecule has 30 heavy (non-hydrogen) atoms. The van der Waals surface area contributed by atoms with E-state index in [1.54, 1.807) is 6.92 Å². The van der Waals surface area contributed by atoms with Crippen LogP contribution in [0.1, 0.15) is 18.2 Å². The molecule has 2 unspecified atom stereocenters. The number of hydrogen-bond acceptors (Lipinski definition) is 4. The van der Waals surface area contributed by atoms with Crippen LogP contribution in [-0.2, 0) is 22.6 Å². The van der Waals surface area contributed by atoms with Crippen LogP contribution in [-0.4, -0.2) is 44.7 Å². The van der Waals surface area contributed by atoms with E-state index in [9.17, 15) is 14.7 Å². The van der Waals surface area contributed by atoms with Crippen LogP contribution in [0.3, 0.4) is 0 Å². The van der Waals surface area contributed by atoms with E-state index < -0.39 is 23.3 Å². The molecule has 0 aliphatic carbocycles. The number of hydrogen-bond donors (Lipinski definition) is 1. The van der Waals surface area contributed by atoms with Crippen molar-refractivity contribution in [3.8, 4) is 17.2 Å². The number of para-hydroxylation sites is 1. The number of carboxylic acid groups (broad SMARTS) is 1. The van der Waals surface area contributed by atoms with Crippen LogP contribution in [0.25, 0.3) is 16.6 Å². The fourth-order valence-corrected chi connectivity index (χ4v) is 4.45. The van der Waals surface area contributed by atoms with Crippen molar-refractivity contribution in [1.29, 1.82) is 0 Å². The summed E-state index contributed by atoms with van der Waals surface area (Å²) in [5.41, 5.74) is 3.61. The van der Waals surface area contributed by atoms with Gasteiger partial charge >= 0.3 is 5.97 Å². The Morgan fingerprint density at radius 2 is 1.93 bits per heavy atom. The molecule has 0 spiro atoms. The SMILES string of the molecule is CC(Cl)C(=O)N1Cc2c(c3ccccc3n2-c2ccc3c(c2)OCO3)CC1C(=O)O. The highest BCUT2D eigenvalue weighted by molar-refractivity contribution is 6.30. The number of carbonyl (C=O) groups is 2. The zero-order valence-corrected chi connectivity index (χ0v) is 16.9. The first-order valence-corrected chi connectivity index (χ1v) is 10.1. The Bertz CT molecular complexity index is 1190. The van der Waals surface area contributed by atoms with Gasteiger partial charge in [-0.05, 0) is 30.7 Å². The number of amides is 1. The van der Waals surface area contributed by atoms with Crippen molar-refractivity contribution in [2.24, 2.45) is 0 Å². The molecule has 1 N–H and O–H groups in total. The third-order valence-corrected chi connectivity index (χ3v) is 5.89. The Morgan fingerprint density at radius 3 is 2.70 bits per heavy atom. The normalized spacial score (nSPS) is 18.3. The Morgan fingerprint density at radius 1 is 1.17 bits per heavy atom. The number of aliphatic carboxylic acids is 1. The van der Waals surface area contributed by atoms with E-state index in [1.165, 1.54) is 4.90 Å². The largest absolute Gasteiger partial charge is 0.480 e. The molecular formula is C22H19ClN2O5. The number of fused-ring (bicyclic) bond motifs is 4. The van der Waals surface area contributed by atoms with E-state index in [0.29, 0.717) is 11.5 Å². The third kappa shape index (κ3) is 2.81. The zero-order valence-electron chi connectivity index (χ0n) is 16.2. The lowest BCUT2D eigenvalue weighted by molar-refractivity contribution is -0.151. The Kier molecular flexibility index (Phi) is 4.36.